The second-order valence-electron chi connectivity index (χ2n) is 3.96. The predicted octanol–water partition coefficient (Wildman–Crippen LogP) is 1.09. The van der Waals surface area contributed by atoms with Crippen LogP contribution in [0.25, 0.3) is 0 Å². The van der Waals surface area contributed by atoms with Gasteiger partial charge in [0, 0.05) is 17.5 Å². The number of hydrogen-bond donors (Lipinski definition) is 3. The molecule has 0 heterocycles. The van der Waals surface area contributed by atoms with Crippen LogP contribution >= 0.6 is 0 Å². The first-order valence-corrected chi connectivity index (χ1v) is 4.70. The summed E-state index contributed by atoms with van der Waals surface area (Å²) in [6.07, 6.45) is -12.4. The molecule has 6 heteroatoms. The van der Waals surface area contributed by atoms with Crippen molar-refractivity contribution < 1.29 is 30.4 Å². The van der Waals surface area contributed by atoms with Gasteiger partial charge in [0.05, 0.1) is 0 Å². The van der Waals surface area contributed by atoms with E-state index in [0.29, 0.717) is 0 Å². The summed E-state index contributed by atoms with van der Waals surface area (Å²) in [7, 11) is 0. The summed E-state index contributed by atoms with van der Waals surface area (Å²) in [4.78, 5) is 22.5. The number of hydrogen-bond acceptors (Lipinski definition) is 4. The number of ether oxygens (including phenoxy) is 1. The smallest absolute Gasteiger partial charge is 0.407 e. The fourth-order valence-corrected chi connectivity index (χ4v) is 0.593. The van der Waals surface area contributed by atoms with Crippen LogP contribution in [0.2, 0.25) is 0 Å². The van der Waals surface area contributed by atoms with Crippen molar-refractivity contribution in [2.45, 2.75) is 51.5 Å². The van der Waals surface area contributed by atoms with Crippen molar-refractivity contribution in [2.24, 2.45) is 5.73 Å². The average Bonchev–Trinajstić information content (AvgIpc) is 2.33. The minimum atomic E-state index is -3.74. The Labute approximate surface area is 113 Å². The number of carboxylic acids is 1. The highest BCUT2D eigenvalue weighted by molar-refractivity contribution is 5.72. The molecule has 0 aliphatic rings. The molecule has 0 fully saturated rings. The topological polar surface area (TPSA) is 102 Å². The number of rotatable bonds is 6. The van der Waals surface area contributed by atoms with Gasteiger partial charge >= 0.3 is 12.1 Å². The van der Waals surface area contributed by atoms with Crippen LogP contribution < -0.4 is 11.1 Å². The largest absolute Gasteiger partial charge is 0.480 e. The molecule has 0 saturated heterocycles. The number of nitrogens with one attached hydrogen (secondary N) is 1. The number of amides is 1. The minimum Gasteiger partial charge on any atom is -0.480 e. The summed E-state index contributed by atoms with van der Waals surface area (Å²) in [6.45, 7) is 0.923. The van der Waals surface area contributed by atoms with E-state index in [0.717, 1.165) is 0 Å². The lowest BCUT2D eigenvalue weighted by atomic mass is 10.1. The number of aliphatic carboxylic acids is 1. The van der Waals surface area contributed by atoms with E-state index >= 15 is 0 Å². The number of carboxylic acid groups (broad SMARTS) is 1. The molecule has 6 nitrogen and oxygen atoms in total. The number of alkyl carbamates (subject to hydrolysis) is 1. The molecule has 0 saturated carbocycles. The van der Waals surface area contributed by atoms with Crippen LogP contribution in [0.3, 0.4) is 0 Å². The van der Waals surface area contributed by atoms with Crippen molar-refractivity contribution in [1.29, 1.82) is 0 Å². The maximum atomic E-state index is 11.7. The van der Waals surface area contributed by atoms with Crippen molar-refractivity contribution in [1.82, 2.24) is 5.32 Å². The van der Waals surface area contributed by atoms with Crippen LogP contribution in [-0.2, 0) is 9.53 Å². The van der Waals surface area contributed by atoms with Crippen LogP contribution in [0.1, 0.15) is 50.9 Å². The molecule has 0 radical (unpaired) electrons. The molecule has 4 N–H and O–H groups in total. The standard InChI is InChI=1S/C11H22N2O4/c1-11(2,3)17-10(16)13-7-5-4-6-8(12)9(14)15/h8H,4-7,12H2,1-3H3,(H,13,16)(H,14,15)/t8-/m0/s1/i4D2,5D2,6D2,7D2. The van der Waals surface area contributed by atoms with E-state index in [1.54, 1.807) is 0 Å². The SMILES string of the molecule is [2H]C([2H])(NC(=O)OC(C)(C)C)C([2H])([2H])C([2H])([2H])C([2H])([2H])[C@H](N)C(=O)O. The molecule has 17 heavy (non-hydrogen) atoms. The minimum absolute atomic E-state index is 1.05. The Morgan fingerprint density at radius 1 is 1.47 bits per heavy atom. The van der Waals surface area contributed by atoms with Crippen LogP contribution in [0.4, 0.5) is 4.79 Å². The zero-order chi connectivity index (χ0) is 20.6. The Hall–Kier alpha value is -1.30. The summed E-state index contributed by atoms with van der Waals surface area (Å²) in [5.41, 5.74) is 4.04. The molecule has 0 bridgehead atoms. The van der Waals surface area contributed by atoms with Crippen molar-refractivity contribution in [3.05, 3.63) is 0 Å². The summed E-state index contributed by atoms with van der Waals surface area (Å²) in [5, 5.41) is 10.3. The van der Waals surface area contributed by atoms with Gasteiger partial charge in [-0.05, 0) is 39.9 Å². The first kappa shape index (κ1) is 6.58. The Morgan fingerprint density at radius 2 is 2.06 bits per heavy atom. The van der Waals surface area contributed by atoms with Gasteiger partial charge in [-0.2, -0.15) is 0 Å². The number of nitrogens with two attached hydrogens (primary N) is 1. The van der Waals surface area contributed by atoms with E-state index in [-0.39, 0.29) is 0 Å². The van der Waals surface area contributed by atoms with E-state index in [1.165, 1.54) is 26.1 Å². The molecule has 0 unspecified atom stereocenters. The van der Waals surface area contributed by atoms with Gasteiger partial charge < -0.3 is 20.9 Å². The number of carbonyl (C=O) groups excluding carboxylic acids is 1. The van der Waals surface area contributed by atoms with Gasteiger partial charge in [-0.25, -0.2) is 4.79 Å². The van der Waals surface area contributed by atoms with Crippen molar-refractivity contribution in [2.75, 3.05) is 6.50 Å². The maximum Gasteiger partial charge on any atom is 0.407 e. The molecule has 0 rings (SSSR count). The quantitative estimate of drug-likeness (QED) is 0.658. The Kier molecular flexibility index (Phi) is 2.75. The zero-order valence-electron chi connectivity index (χ0n) is 17.8. The summed E-state index contributed by atoms with van der Waals surface area (Å²) in [6, 6.07) is -2.48. The summed E-state index contributed by atoms with van der Waals surface area (Å²) < 4.78 is 65.9. The van der Waals surface area contributed by atoms with E-state index in [1.807, 2.05) is 0 Å². The zero-order valence-corrected chi connectivity index (χ0v) is 9.83. The first-order chi connectivity index (χ1) is 10.7. The van der Waals surface area contributed by atoms with E-state index < -0.39 is 49.3 Å². The van der Waals surface area contributed by atoms with Gasteiger partial charge in [0.25, 0.3) is 0 Å². The molecule has 0 aromatic carbocycles. The molecule has 0 aliphatic carbocycles. The normalized spacial score (nSPS) is 23.3. The first-order valence-electron chi connectivity index (χ1n) is 8.70. The summed E-state index contributed by atoms with van der Waals surface area (Å²) >= 11 is 0. The fraction of sp³-hybridized carbons (Fsp3) is 0.818. The third kappa shape index (κ3) is 9.62. The molecule has 1 atom stereocenters. The van der Waals surface area contributed by atoms with Crippen LogP contribution in [0, 0.1) is 0 Å². The van der Waals surface area contributed by atoms with Gasteiger partial charge in [0.1, 0.15) is 11.6 Å². The van der Waals surface area contributed by atoms with Gasteiger partial charge in [0.2, 0.25) is 0 Å². The molecule has 0 aromatic rings. The third-order valence-electron chi connectivity index (χ3n) is 1.18. The lowest BCUT2D eigenvalue weighted by molar-refractivity contribution is -0.138. The molecule has 1 amide bonds. The molecular formula is C11H22N2O4. The molecule has 100 valence electrons. The van der Waals surface area contributed by atoms with E-state index in [9.17, 15) is 9.59 Å². The van der Waals surface area contributed by atoms with Crippen molar-refractivity contribution >= 4 is 12.1 Å². The second kappa shape index (κ2) is 7.11. The molecule has 0 aromatic heterocycles. The van der Waals surface area contributed by atoms with Gasteiger partial charge in [0.15, 0.2) is 0 Å². The van der Waals surface area contributed by atoms with Crippen LogP contribution in [-0.4, -0.2) is 35.3 Å². The highest BCUT2D eigenvalue weighted by Crippen LogP contribution is 2.06. The Morgan fingerprint density at radius 3 is 2.53 bits per heavy atom. The summed E-state index contributed by atoms with van der Waals surface area (Å²) in [5.74, 6) is -1.94. The molecule has 0 spiro atoms. The third-order valence-corrected chi connectivity index (χ3v) is 1.18. The predicted molar refractivity (Wildman–Crippen MR) is 63.7 cm³/mol. The van der Waals surface area contributed by atoms with Crippen molar-refractivity contribution in [3.8, 4) is 0 Å². The fourth-order valence-electron chi connectivity index (χ4n) is 0.593. The van der Waals surface area contributed by atoms with Crippen LogP contribution in [0.5, 0.6) is 0 Å². The lowest BCUT2D eigenvalue weighted by Gasteiger charge is -2.19. The molecule has 0 aliphatic heterocycles. The monoisotopic (exact) mass is 254 g/mol. The molecular weight excluding hydrogens is 224 g/mol. The maximum absolute atomic E-state index is 11.7. The second-order valence-corrected chi connectivity index (χ2v) is 3.96. The van der Waals surface area contributed by atoms with Gasteiger partial charge in [-0.15, -0.1) is 0 Å². The Balaban J connectivity index is 5.76. The van der Waals surface area contributed by atoms with E-state index in [4.69, 9.17) is 26.5 Å². The highest BCUT2D eigenvalue weighted by Gasteiger charge is 2.15. The number of carbonyl (C=O) groups is 2. The van der Waals surface area contributed by atoms with Gasteiger partial charge in [-0.3, -0.25) is 4.79 Å². The lowest BCUT2D eigenvalue weighted by Crippen LogP contribution is -2.33. The Bertz CT molecular complexity index is 533. The average molecular weight is 254 g/mol. The van der Waals surface area contributed by atoms with Crippen LogP contribution in [0.15, 0.2) is 0 Å². The van der Waals surface area contributed by atoms with Crippen molar-refractivity contribution in [3.63, 3.8) is 0 Å². The highest BCUT2D eigenvalue weighted by atomic mass is 16.6. The van der Waals surface area contributed by atoms with E-state index in [2.05, 4.69) is 0 Å². The van der Waals surface area contributed by atoms with Gasteiger partial charge in [-0.1, -0.05) is 0 Å².